The van der Waals surface area contributed by atoms with Gasteiger partial charge in [-0.2, -0.15) is 0 Å². The Hall–Kier alpha value is -2.44. The summed E-state index contributed by atoms with van der Waals surface area (Å²) in [6.07, 6.45) is 0. The molecule has 0 aliphatic carbocycles. The molecule has 0 fully saturated rings. The number of carbonyl (C=O) groups excluding carboxylic acids is 1. The molecule has 2 aromatic carbocycles. The number of hydrogen-bond acceptors (Lipinski definition) is 5. The van der Waals surface area contributed by atoms with Crippen LogP contribution in [-0.2, 0) is 16.1 Å². The molecule has 25 heavy (non-hydrogen) atoms. The van der Waals surface area contributed by atoms with Gasteiger partial charge >= 0.3 is 5.97 Å². The molecule has 0 unspecified atom stereocenters. The van der Waals surface area contributed by atoms with Crippen LogP contribution in [0.15, 0.2) is 53.9 Å². The lowest BCUT2D eigenvalue weighted by atomic mass is 10.2. The van der Waals surface area contributed by atoms with E-state index in [9.17, 15) is 9.18 Å². The number of nitrogens with zero attached hydrogens (tertiary/aromatic N) is 1. The number of hydrogen-bond donors (Lipinski definition) is 0. The monoisotopic (exact) mass is 377 g/mol. The molecule has 0 saturated carbocycles. The van der Waals surface area contributed by atoms with Gasteiger partial charge in [0.2, 0.25) is 0 Å². The summed E-state index contributed by atoms with van der Waals surface area (Å²) < 4.78 is 23.3. The average molecular weight is 378 g/mol. The normalized spacial score (nSPS) is 10.5. The molecule has 4 nitrogen and oxygen atoms in total. The first kappa shape index (κ1) is 17.4. The van der Waals surface area contributed by atoms with Crippen molar-refractivity contribution >= 4 is 28.9 Å². The van der Waals surface area contributed by atoms with Crippen molar-refractivity contribution in [2.45, 2.75) is 6.61 Å². The Morgan fingerprint density at radius 1 is 1.20 bits per heavy atom. The number of rotatable bonds is 6. The molecule has 0 saturated heterocycles. The van der Waals surface area contributed by atoms with E-state index in [4.69, 9.17) is 21.1 Å². The van der Waals surface area contributed by atoms with E-state index in [1.807, 2.05) is 17.5 Å². The van der Waals surface area contributed by atoms with Crippen LogP contribution in [0.1, 0.15) is 5.69 Å². The number of aromatic nitrogens is 1. The van der Waals surface area contributed by atoms with Gasteiger partial charge in [0.25, 0.3) is 0 Å². The second-order valence-corrected chi connectivity index (χ2v) is 6.35. The van der Waals surface area contributed by atoms with Crippen LogP contribution in [0, 0.1) is 5.82 Å². The standard InChI is InChI=1S/C18H13ClFNO3S/c19-13-6-4-12(5-7-13)18-21-15(11-25-18)9-24-17(22)10-23-16-3-1-2-14(20)8-16/h1-8,11H,9-10H2. The summed E-state index contributed by atoms with van der Waals surface area (Å²) in [4.78, 5) is 16.1. The first-order valence-electron chi connectivity index (χ1n) is 7.34. The van der Waals surface area contributed by atoms with Crippen molar-refractivity contribution in [3.8, 4) is 16.3 Å². The van der Waals surface area contributed by atoms with Crippen LogP contribution in [-0.4, -0.2) is 17.6 Å². The Balaban J connectivity index is 1.50. The number of thiazole rings is 1. The number of halogens is 2. The molecular weight excluding hydrogens is 365 g/mol. The number of ether oxygens (including phenoxy) is 2. The average Bonchev–Trinajstić information content (AvgIpc) is 3.08. The van der Waals surface area contributed by atoms with Crippen molar-refractivity contribution in [1.29, 1.82) is 0 Å². The number of carbonyl (C=O) groups is 1. The zero-order valence-corrected chi connectivity index (χ0v) is 14.5. The Labute approximate surface area is 152 Å². The predicted octanol–water partition coefficient (Wildman–Crippen LogP) is 4.72. The van der Waals surface area contributed by atoms with Crippen molar-refractivity contribution in [3.05, 3.63) is 70.4 Å². The lowest BCUT2D eigenvalue weighted by molar-refractivity contribution is -0.147. The van der Waals surface area contributed by atoms with Gasteiger partial charge in [0.15, 0.2) is 6.61 Å². The Kier molecular flexibility index (Phi) is 5.63. The van der Waals surface area contributed by atoms with Gasteiger partial charge in [-0.05, 0) is 24.3 Å². The van der Waals surface area contributed by atoms with Gasteiger partial charge < -0.3 is 9.47 Å². The maximum atomic E-state index is 13.0. The van der Waals surface area contributed by atoms with Crippen LogP contribution in [0.5, 0.6) is 5.75 Å². The first-order chi connectivity index (χ1) is 12.1. The van der Waals surface area contributed by atoms with Gasteiger partial charge in [0.1, 0.15) is 23.2 Å². The fraction of sp³-hybridized carbons (Fsp3) is 0.111. The zero-order chi connectivity index (χ0) is 17.6. The lowest BCUT2D eigenvalue weighted by Crippen LogP contribution is -2.14. The molecule has 0 radical (unpaired) electrons. The zero-order valence-electron chi connectivity index (χ0n) is 12.9. The first-order valence-corrected chi connectivity index (χ1v) is 8.60. The second kappa shape index (κ2) is 8.09. The highest BCUT2D eigenvalue weighted by molar-refractivity contribution is 7.13. The molecule has 1 aromatic heterocycles. The van der Waals surface area contributed by atoms with Crippen LogP contribution in [0.3, 0.4) is 0 Å². The maximum Gasteiger partial charge on any atom is 0.344 e. The third-order valence-electron chi connectivity index (χ3n) is 3.18. The highest BCUT2D eigenvalue weighted by Crippen LogP contribution is 2.25. The summed E-state index contributed by atoms with van der Waals surface area (Å²) in [5.74, 6) is -0.705. The van der Waals surface area contributed by atoms with Gasteiger partial charge in [-0.1, -0.05) is 29.8 Å². The molecule has 0 bridgehead atoms. The molecule has 0 spiro atoms. The quantitative estimate of drug-likeness (QED) is 0.583. The summed E-state index contributed by atoms with van der Waals surface area (Å²) in [6.45, 7) is -0.243. The summed E-state index contributed by atoms with van der Waals surface area (Å²) in [5, 5.41) is 3.30. The third kappa shape index (κ3) is 5.01. The van der Waals surface area contributed by atoms with E-state index < -0.39 is 11.8 Å². The van der Waals surface area contributed by atoms with E-state index in [1.54, 1.807) is 18.2 Å². The lowest BCUT2D eigenvalue weighted by Gasteiger charge is -2.06. The van der Waals surface area contributed by atoms with Crippen molar-refractivity contribution in [2.24, 2.45) is 0 Å². The Bertz CT molecular complexity index is 867. The highest BCUT2D eigenvalue weighted by atomic mass is 35.5. The topological polar surface area (TPSA) is 48.4 Å². The second-order valence-electron chi connectivity index (χ2n) is 5.06. The van der Waals surface area contributed by atoms with Gasteiger partial charge in [-0.25, -0.2) is 14.2 Å². The van der Waals surface area contributed by atoms with E-state index in [2.05, 4.69) is 4.98 Å². The van der Waals surface area contributed by atoms with Crippen molar-refractivity contribution in [3.63, 3.8) is 0 Å². The molecule has 3 rings (SSSR count). The molecule has 0 N–H and O–H groups in total. The maximum absolute atomic E-state index is 13.0. The summed E-state index contributed by atoms with van der Waals surface area (Å²) in [5.41, 5.74) is 1.59. The fourth-order valence-corrected chi connectivity index (χ4v) is 2.93. The van der Waals surface area contributed by atoms with E-state index in [0.717, 1.165) is 10.6 Å². The minimum Gasteiger partial charge on any atom is -0.482 e. The van der Waals surface area contributed by atoms with Gasteiger partial charge in [0, 0.05) is 22.0 Å². The Morgan fingerprint density at radius 3 is 2.76 bits per heavy atom. The number of esters is 1. The van der Waals surface area contributed by atoms with Gasteiger partial charge in [0.05, 0.1) is 5.69 Å². The van der Waals surface area contributed by atoms with E-state index in [-0.39, 0.29) is 19.0 Å². The highest BCUT2D eigenvalue weighted by Gasteiger charge is 2.09. The summed E-state index contributed by atoms with van der Waals surface area (Å²) in [7, 11) is 0. The molecule has 0 atom stereocenters. The van der Waals surface area contributed by atoms with E-state index >= 15 is 0 Å². The van der Waals surface area contributed by atoms with Crippen LogP contribution < -0.4 is 4.74 Å². The molecule has 0 aliphatic rings. The summed E-state index contributed by atoms with van der Waals surface area (Å²) >= 11 is 7.32. The smallest absolute Gasteiger partial charge is 0.344 e. The van der Waals surface area contributed by atoms with Crippen molar-refractivity contribution in [1.82, 2.24) is 4.98 Å². The molecule has 0 aliphatic heterocycles. The van der Waals surface area contributed by atoms with Crippen LogP contribution >= 0.6 is 22.9 Å². The number of benzene rings is 2. The fourth-order valence-electron chi connectivity index (χ4n) is 1.99. The van der Waals surface area contributed by atoms with Gasteiger partial charge in [-0.3, -0.25) is 0 Å². The van der Waals surface area contributed by atoms with E-state index in [0.29, 0.717) is 10.7 Å². The van der Waals surface area contributed by atoms with Crippen LogP contribution in [0.25, 0.3) is 10.6 Å². The van der Waals surface area contributed by atoms with Crippen molar-refractivity contribution < 1.29 is 18.7 Å². The van der Waals surface area contributed by atoms with Crippen LogP contribution in [0.4, 0.5) is 4.39 Å². The summed E-state index contributed by atoms with van der Waals surface area (Å²) in [6, 6.07) is 12.9. The molecule has 7 heteroatoms. The van der Waals surface area contributed by atoms with Crippen LogP contribution in [0.2, 0.25) is 5.02 Å². The Morgan fingerprint density at radius 2 is 2.00 bits per heavy atom. The largest absolute Gasteiger partial charge is 0.482 e. The van der Waals surface area contributed by atoms with Gasteiger partial charge in [-0.15, -0.1) is 11.3 Å². The molecule has 0 amide bonds. The third-order valence-corrected chi connectivity index (χ3v) is 4.37. The minimum absolute atomic E-state index is 0.0510. The van der Waals surface area contributed by atoms with E-state index in [1.165, 1.54) is 29.5 Å². The molecule has 3 aromatic rings. The molecule has 128 valence electrons. The van der Waals surface area contributed by atoms with Crippen molar-refractivity contribution in [2.75, 3.05) is 6.61 Å². The molecular formula is C18H13ClFNO3S. The molecule has 1 heterocycles. The predicted molar refractivity (Wildman–Crippen MR) is 94.3 cm³/mol. The SMILES string of the molecule is O=C(COc1cccc(F)c1)OCc1csc(-c2ccc(Cl)cc2)n1. The minimum atomic E-state index is -0.551.